The Balaban J connectivity index is 2.02. The number of rotatable bonds is 4. The predicted molar refractivity (Wildman–Crippen MR) is 75.3 cm³/mol. The van der Waals surface area contributed by atoms with Crippen LogP contribution in [0.25, 0.3) is 0 Å². The minimum atomic E-state index is -4.44. The first kappa shape index (κ1) is 15.8. The van der Waals surface area contributed by atoms with Crippen molar-refractivity contribution in [2.75, 3.05) is 5.32 Å². The highest BCUT2D eigenvalue weighted by molar-refractivity contribution is 8.02. The lowest BCUT2D eigenvalue weighted by Gasteiger charge is -2.12. The minimum Gasteiger partial charge on any atom is -0.325 e. The number of anilines is 1. The molecule has 2 rings (SSSR count). The highest BCUT2D eigenvalue weighted by Crippen LogP contribution is 2.31. The van der Waals surface area contributed by atoms with Crippen LogP contribution in [-0.2, 0) is 11.0 Å². The van der Waals surface area contributed by atoms with Crippen LogP contribution in [0.3, 0.4) is 0 Å². The average molecular weight is 333 g/mol. The monoisotopic (exact) mass is 333 g/mol. The van der Waals surface area contributed by atoms with E-state index in [2.05, 4.69) is 15.5 Å². The van der Waals surface area contributed by atoms with Crippen molar-refractivity contribution in [1.29, 1.82) is 0 Å². The molecule has 1 amide bonds. The van der Waals surface area contributed by atoms with E-state index in [4.69, 9.17) is 0 Å². The molecule has 112 valence electrons. The van der Waals surface area contributed by atoms with Crippen molar-refractivity contribution in [3.05, 3.63) is 35.3 Å². The fourth-order valence-corrected chi connectivity index (χ4v) is 3.06. The summed E-state index contributed by atoms with van der Waals surface area (Å²) in [6, 6.07) is 4.52. The van der Waals surface area contributed by atoms with E-state index in [0.717, 1.165) is 12.1 Å². The summed E-state index contributed by atoms with van der Waals surface area (Å²) in [7, 11) is 0. The molecule has 4 nitrogen and oxygen atoms in total. The van der Waals surface area contributed by atoms with Crippen molar-refractivity contribution >= 4 is 34.7 Å². The van der Waals surface area contributed by atoms with Crippen LogP contribution in [0.4, 0.5) is 18.9 Å². The Morgan fingerprint density at radius 2 is 2.19 bits per heavy atom. The largest absolute Gasteiger partial charge is 0.416 e. The van der Waals surface area contributed by atoms with Gasteiger partial charge in [-0.2, -0.15) is 13.2 Å². The van der Waals surface area contributed by atoms with Crippen LogP contribution < -0.4 is 5.32 Å². The van der Waals surface area contributed by atoms with Crippen molar-refractivity contribution in [2.45, 2.75) is 22.7 Å². The lowest BCUT2D eigenvalue weighted by molar-refractivity contribution is -0.137. The topological polar surface area (TPSA) is 54.9 Å². The first-order valence-corrected chi connectivity index (χ1v) is 7.53. The maximum absolute atomic E-state index is 12.6. The van der Waals surface area contributed by atoms with E-state index in [-0.39, 0.29) is 5.69 Å². The van der Waals surface area contributed by atoms with Gasteiger partial charge in [0, 0.05) is 5.69 Å². The van der Waals surface area contributed by atoms with Gasteiger partial charge in [-0.25, -0.2) is 0 Å². The molecule has 0 saturated heterocycles. The van der Waals surface area contributed by atoms with Crippen LogP contribution in [0, 0.1) is 0 Å². The fourth-order valence-electron chi connectivity index (χ4n) is 1.44. The fraction of sp³-hybridized carbons (Fsp3) is 0.250. The molecular formula is C12H10F3N3OS2. The Kier molecular flexibility index (Phi) is 4.84. The Labute approximate surface area is 126 Å². The van der Waals surface area contributed by atoms with E-state index < -0.39 is 22.9 Å². The molecule has 9 heteroatoms. The summed E-state index contributed by atoms with van der Waals surface area (Å²) in [5, 5.41) is 9.41. The van der Waals surface area contributed by atoms with Gasteiger partial charge in [0.1, 0.15) is 5.51 Å². The zero-order valence-electron chi connectivity index (χ0n) is 10.7. The number of carbonyl (C=O) groups excluding carboxylic acids is 1. The van der Waals surface area contributed by atoms with E-state index in [1.54, 1.807) is 12.4 Å². The summed E-state index contributed by atoms with van der Waals surface area (Å²) in [6.07, 6.45) is -4.44. The second-order valence-corrected chi connectivity index (χ2v) is 6.45. The van der Waals surface area contributed by atoms with Crippen molar-refractivity contribution in [3.63, 3.8) is 0 Å². The standard InChI is InChI=1S/C12H10F3N3OS2/c1-7(21-11-18-16-6-20-11)10(19)17-9-4-2-3-8(5-9)12(13,14)15/h2-7H,1H3,(H,17,19)/t7-/m1/s1. The number of hydrogen-bond donors (Lipinski definition) is 1. The molecular weight excluding hydrogens is 323 g/mol. The Morgan fingerprint density at radius 1 is 1.43 bits per heavy atom. The molecule has 0 radical (unpaired) electrons. The first-order valence-electron chi connectivity index (χ1n) is 5.77. The summed E-state index contributed by atoms with van der Waals surface area (Å²) < 4.78 is 38.4. The predicted octanol–water partition coefficient (Wildman–Crippen LogP) is 3.68. The Hall–Kier alpha value is -1.61. The number of carbonyl (C=O) groups is 1. The van der Waals surface area contributed by atoms with Gasteiger partial charge in [0.25, 0.3) is 0 Å². The number of nitrogens with zero attached hydrogens (tertiary/aromatic N) is 2. The van der Waals surface area contributed by atoms with Crippen molar-refractivity contribution in [2.24, 2.45) is 0 Å². The summed E-state index contributed by atoms with van der Waals surface area (Å²) in [5.41, 5.74) is 0.851. The van der Waals surface area contributed by atoms with Crippen LogP contribution in [-0.4, -0.2) is 21.4 Å². The molecule has 0 fully saturated rings. The van der Waals surface area contributed by atoms with Gasteiger partial charge in [-0.05, 0) is 25.1 Å². The maximum atomic E-state index is 12.6. The Bertz CT molecular complexity index is 616. The van der Waals surface area contributed by atoms with Crippen LogP contribution in [0.2, 0.25) is 0 Å². The molecule has 0 unspecified atom stereocenters. The number of halogens is 3. The molecule has 2 aromatic rings. The third kappa shape index (κ3) is 4.43. The molecule has 1 heterocycles. The van der Waals surface area contributed by atoms with Gasteiger partial charge < -0.3 is 5.32 Å². The molecule has 1 aromatic carbocycles. The van der Waals surface area contributed by atoms with Crippen LogP contribution in [0.1, 0.15) is 12.5 Å². The summed E-state index contributed by atoms with van der Waals surface area (Å²) >= 11 is 2.49. The van der Waals surface area contributed by atoms with Gasteiger partial charge in [0.05, 0.1) is 10.8 Å². The van der Waals surface area contributed by atoms with Gasteiger partial charge in [0.2, 0.25) is 5.91 Å². The van der Waals surface area contributed by atoms with E-state index >= 15 is 0 Å². The highest BCUT2D eigenvalue weighted by Gasteiger charge is 2.30. The van der Waals surface area contributed by atoms with Gasteiger partial charge in [-0.3, -0.25) is 4.79 Å². The van der Waals surface area contributed by atoms with Crippen molar-refractivity contribution in [3.8, 4) is 0 Å². The second kappa shape index (κ2) is 6.44. The van der Waals surface area contributed by atoms with E-state index in [9.17, 15) is 18.0 Å². The minimum absolute atomic E-state index is 0.111. The molecule has 21 heavy (non-hydrogen) atoms. The SMILES string of the molecule is C[C@@H](Sc1nncs1)C(=O)Nc1cccc(C(F)(F)F)c1. The number of hydrogen-bond acceptors (Lipinski definition) is 5. The quantitative estimate of drug-likeness (QED) is 0.867. The zero-order chi connectivity index (χ0) is 15.5. The van der Waals surface area contributed by atoms with E-state index in [1.165, 1.54) is 35.2 Å². The molecule has 0 aliphatic rings. The van der Waals surface area contributed by atoms with Crippen LogP contribution in [0.5, 0.6) is 0 Å². The summed E-state index contributed by atoms with van der Waals surface area (Å²) in [4.78, 5) is 11.9. The lowest BCUT2D eigenvalue weighted by Crippen LogP contribution is -2.22. The van der Waals surface area contributed by atoms with Crippen molar-refractivity contribution < 1.29 is 18.0 Å². The Morgan fingerprint density at radius 3 is 2.81 bits per heavy atom. The summed E-state index contributed by atoms with van der Waals surface area (Å²) in [5.74, 6) is -0.394. The van der Waals surface area contributed by atoms with Gasteiger partial charge in [-0.15, -0.1) is 10.2 Å². The van der Waals surface area contributed by atoms with Crippen molar-refractivity contribution in [1.82, 2.24) is 10.2 Å². The van der Waals surface area contributed by atoms with E-state index in [1.807, 2.05) is 0 Å². The number of alkyl halides is 3. The second-order valence-electron chi connectivity index (χ2n) is 4.03. The average Bonchev–Trinajstić information content (AvgIpc) is 2.91. The van der Waals surface area contributed by atoms with Crippen LogP contribution in [0.15, 0.2) is 34.1 Å². The lowest BCUT2D eigenvalue weighted by atomic mass is 10.2. The molecule has 0 bridgehead atoms. The highest BCUT2D eigenvalue weighted by atomic mass is 32.2. The molecule has 0 spiro atoms. The number of thioether (sulfide) groups is 1. The van der Waals surface area contributed by atoms with Crippen LogP contribution >= 0.6 is 23.1 Å². The van der Waals surface area contributed by atoms with Gasteiger partial charge in [-0.1, -0.05) is 29.2 Å². The number of aromatic nitrogens is 2. The summed E-state index contributed by atoms with van der Waals surface area (Å²) in [6.45, 7) is 1.65. The zero-order valence-corrected chi connectivity index (χ0v) is 12.4. The first-order chi connectivity index (χ1) is 9.86. The molecule has 1 atom stereocenters. The molecule has 0 aliphatic carbocycles. The number of amides is 1. The normalized spacial score (nSPS) is 13.0. The third-order valence-electron chi connectivity index (χ3n) is 2.44. The third-order valence-corrected chi connectivity index (χ3v) is 4.36. The molecule has 0 aliphatic heterocycles. The molecule has 1 aromatic heterocycles. The van der Waals surface area contributed by atoms with E-state index in [0.29, 0.717) is 4.34 Å². The van der Waals surface area contributed by atoms with Gasteiger partial charge >= 0.3 is 6.18 Å². The van der Waals surface area contributed by atoms with Gasteiger partial charge in [0.15, 0.2) is 4.34 Å². The number of nitrogens with one attached hydrogen (secondary N) is 1. The molecule has 0 saturated carbocycles. The number of benzene rings is 1. The maximum Gasteiger partial charge on any atom is 0.416 e. The molecule has 1 N–H and O–H groups in total. The smallest absolute Gasteiger partial charge is 0.325 e.